The Morgan fingerprint density at radius 2 is 2.03 bits per heavy atom. The van der Waals surface area contributed by atoms with E-state index in [1.54, 1.807) is 25.7 Å². The van der Waals surface area contributed by atoms with Gasteiger partial charge in [0.25, 0.3) is 5.92 Å². The van der Waals surface area contributed by atoms with E-state index in [1.807, 2.05) is 0 Å². The van der Waals surface area contributed by atoms with Gasteiger partial charge in [-0.3, -0.25) is 9.59 Å². The van der Waals surface area contributed by atoms with E-state index in [4.69, 9.17) is 9.26 Å². The molecule has 194 valence electrons. The molecule has 3 heterocycles. The zero-order valence-corrected chi connectivity index (χ0v) is 20.4. The van der Waals surface area contributed by atoms with Crippen LogP contribution in [0.1, 0.15) is 89.4 Å². The first-order valence-corrected chi connectivity index (χ1v) is 12.2. The van der Waals surface area contributed by atoms with Crippen LogP contribution in [-0.2, 0) is 14.3 Å². The lowest BCUT2D eigenvalue weighted by Gasteiger charge is -2.35. The van der Waals surface area contributed by atoms with Crippen molar-refractivity contribution in [3.8, 4) is 0 Å². The number of hydrogen-bond acceptors (Lipinski definition) is 7. The van der Waals surface area contributed by atoms with Gasteiger partial charge in [0.2, 0.25) is 17.7 Å². The summed E-state index contributed by atoms with van der Waals surface area (Å²) in [6.45, 7) is 4.59. The molecular formula is C23H33F2N5O5. The first-order valence-electron chi connectivity index (χ1n) is 12.2. The fourth-order valence-corrected chi connectivity index (χ4v) is 4.50. The van der Waals surface area contributed by atoms with Gasteiger partial charge in [-0.05, 0) is 46.5 Å². The van der Waals surface area contributed by atoms with Gasteiger partial charge in [0.05, 0.1) is 12.6 Å². The van der Waals surface area contributed by atoms with Crippen molar-refractivity contribution in [2.45, 2.75) is 95.2 Å². The Kier molecular flexibility index (Phi) is 7.01. The molecule has 3 aliphatic rings. The smallest absolute Gasteiger partial charge is 0.407 e. The molecule has 0 unspecified atom stereocenters. The molecule has 0 spiro atoms. The quantitative estimate of drug-likeness (QED) is 0.615. The fourth-order valence-electron chi connectivity index (χ4n) is 4.50. The number of rotatable bonds is 7. The van der Waals surface area contributed by atoms with Crippen molar-refractivity contribution in [3.63, 3.8) is 0 Å². The van der Waals surface area contributed by atoms with E-state index in [9.17, 15) is 23.2 Å². The van der Waals surface area contributed by atoms with E-state index >= 15 is 0 Å². The summed E-state index contributed by atoms with van der Waals surface area (Å²) in [6.07, 6.45) is 1.71. The Balaban J connectivity index is 1.45. The molecular weight excluding hydrogens is 464 g/mol. The van der Waals surface area contributed by atoms with Crippen LogP contribution in [0.3, 0.4) is 0 Å². The van der Waals surface area contributed by atoms with Crippen molar-refractivity contribution in [2.24, 2.45) is 0 Å². The molecule has 2 saturated heterocycles. The molecule has 1 aromatic heterocycles. The monoisotopic (exact) mass is 497 g/mol. The molecule has 4 rings (SSSR count). The maximum atomic E-state index is 14.0. The number of amides is 3. The predicted molar refractivity (Wildman–Crippen MR) is 118 cm³/mol. The maximum Gasteiger partial charge on any atom is 0.407 e. The minimum atomic E-state index is -3.01. The van der Waals surface area contributed by atoms with E-state index in [1.165, 1.54) is 0 Å². The molecule has 3 amide bonds. The SMILES string of the molecule is CC(C)(C)OC(=O)N[C@@H](CC(=O)N1CCC[C@H]1c1nc(C2CC2)no1)CN1CC(F)(F)CCC1=O. The molecule has 1 aromatic rings. The largest absolute Gasteiger partial charge is 0.444 e. The number of halogens is 2. The van der Waals surface area contributed by atoms with Crippen molar-refractivity contribution >= 4 is 17.9 Å². The van der Waals surface area contributed by atoms with Crippen molar-refractivity contribution in [3.05, 3.63) is 11.7 Å². The number of aromatic nitrogens is 2. The Labute approximate surface area is 202 Å². The lowest BCUT2D eigenvalue weighted by atomic mass is 10.0. The lowest BCUT2D eigenvalue weighted by molar-refractivity contribution is -0.148. The molecule has 10 nitrogen and oxygen atoms in total. The predicted octanol–water partition coefficient (Wildman–Crippen LogP) is 3.15. The van der Waals surface area contributed by atoms with Crippen LogP contribution in [0.4, 0.5) is 13.6 Å². The van der Waals surface area contributed by atoms with Crippen molar-refractivity contribution in [1.82, 2.24) is 25.3 Å². The van der Waals surface area contributed by atoms with E-state index in [2.05, 4.69) is 15.5 Å². The summed E-state index contributed by atoms with van der Waals surface area (Å²) in [4.78, 5) is 45.2. The molecule has 1 saturated carbocycles. The standard InChI is InChI=1S/C23H33F2N5O5/c1-22(2,3)34-21(33)26-15(12-29-13-23(24,25)9-8-17(29)31)11-18(32)30-10-4-5-16(30)20-27-19(28-35-20)14-6-7-14/h14-16H,4-13H2,1-3H3,(H,26,33)/t15-,16-/m0/s1. The maximum absolute atomic E-state index is 14.0. The fraction of sp³-hybridized carbons (Fsp3) is 0.783. The number of likely N-dealkylation sites (tertiary alicyclic amines) is 2. The third kappa shape index (κ3) is 6.66. The summed E-state index contributed by atoms with van der Waals surface area (Å²) in [5.74, 6) is -2.37. The normalized spacial score (nSPS) is 23.3. The highest BCUT2D eigenvalue weighted by Gasteiger charge is 2.41. The topological polar surface area (TPSA) is 118 Å². The number of alkyl carbamates (subject to hydrolysis) is 1. The molecule has 0 aromatic carbocycles. The average molecular weight is 498 g/mol. The molecule has 35 heavy (non-hydrogen) atoms. The van der Waals surface area contributed by atoms with E-state index in [0.29, 0.717) is 30.6 Å². The molecule has 3 fully saturated rings. The van der Waals surface area contributed by atoms with Gasteiger partial charge in [-0.2, -0.15) is 4.98 Å². The number of carbonyl (C=O) groups excluding carboxylic acids is 3. The summed E-state index contributed by atoms with van der Waals surface area (Å²) in [7, 11) is 0. The van der Waals surface area contributed by atoms with E-state index < -0.39 is 42.5 Å². The number of ether oxygens (including phenoxy) is 1. The summed E-state index contributed by atoms with van der Waals surface area (Å²) in [5.41, 5.74) is -0.788. The lowest BCUT2D eigenvalue weighted by Crippen LogP contribution is -2.53. The number of piperidine rings is 1. The summed E-state index contributed by atoms with van der Waals surface area (Å²) < 4.78 is 38.7. The van der Waals surface area contributed by atoms with Crippen LogP contribution < -0.4 is 5.32 Å². The van der Waals surface area contributed by atoms with Crippen molar-refractivity contribution < 1.29 is 32.4 Å². The van der Waals surface area contributed by atoms with Crippen LogP contribution in [0, 0.1) is 0 Å². The first-order chi connectivity index (χ1) is 16.4. The van der Waals surface area contributed by atoms with Gasteiger partial charge in [-0.25, -0.2) is 13.6 Å². The second-order valence-electron chi connectivity index (χ2n) is 10.7. The van der Waals surface area contributed by atoms with Crippen LogP contribution in [0.25, 0.3) is 0 Å². The third-order valence-electron chi connectivity index (χ3n) is 6.32. The van der Waals surface area contributed by atoms with Crippen LogP contribution in [0.5, 0.6) is 0 Å². The number of alkyl halides is 2. The minimum Gasteiger partial charge on any atom is -0.444 e. The van der Waals surface area contributed by atoms with Gasteiger partial charge in [0, 0.05) is 38.3 Å². The van der Waals surface area contributed by atoms with Crippen molar-refractivity contribution in [1.29, 1.82) is 0 Å². The Morgan fingerprint density at radius 1 is 1.29 bits per heavy atom. The van der Waals surface area contributed by atoms with Crippen LogP contribution in [0.15, 0.2) is 4.52 Å². The van der Waals surface area contributed by atoms with E-state index in [-0.39, 0.29) is 31.3 Å². The van der Waals surface area contributed by atoms with Gasteiger partial charge in [0.15, 0.2) is 5.82 Å². The number of nitrogens with zero attached hydrogens (tertiary/aromatic N) is 4. The molecule has 1 N–H and O–H groups in total. The van der Waals surface area contributed by atoms with Crippen LogP contribution in [-0.4, -0.2) is 75.0 Å². The third-order valence-corrected chi connectivity index (χ3v) is 6.32. The van der Waals surface area contributed by atoms with Gasteiger partial charge in [-0.1, -0.05) is 5.16 Å². The zero-order chi connectivity index (χ0) is 25.4. The molecule has 2 atom stereocenters. The highest BCUT2D eigenvalue weighted by Crippen LogP contribution is 2.40. The van der Waals surface area contributed by atoms with Crippen molar-refractivity contribution in [2.75, 3.05) is 19.6 Å². The summed E-state index contributed by atoms with van der Waals surface area (Å²) in [6, 6.07) is -1.27. The second kappa shape index (κ2) is 9.69. The van der Waals surface area contributed by atoms with Crippen LogP contribution in [0.2, 0.25) is 0 Å². The molecule has 0 bridgehead atoms. The average Bonchev–Trinajstić information content (AvgIpc) is 3.26. The summed E-state index contributed by atoms with van der Waals surface area (Å²) >= 11 is 0. The zero-order valence-electron chi connectivity index (χ0n) is 20.4. The Morgan fingerprint density at radius 3 is 2.71 bits per heavy atom. The van der Waals surface area contributed by atoms with Gasteiger partial charge in [-0.15, -0.1) is 0 Å². The highest BCUT2D eigenvalue weighted by molar-refractivity contribution is 5.80. The molecule has 0 radical (unpaired) electrons. The second-order valence-corrected chi connectivity index (χ2v) is 10.7. The number of carbonyl (C=O) groups is 3. The van der Waals surface area contributed by atoms with Gasteiger partial charge in [0.1, 0.15) is 11.6 Å². The van der Waals surface area contributed by atoms with Gasteiger partial charge < -0.3 is 24.4 Å². The minimum absolute atomic E-state index is 0.186. The van der Waals surface area contributed by atoms with E-state index in [0.717, 1.165) is 24.2 Å². The molecule has 12 heteroatoms. The number of hydrogen-bond donors (Lipinski definition) is 1. The highest BCUT2D eigenvalue weighted by atomic mass is 19.3. The molecule has 2 aliphatic heterocycles. The molecule has 1 aliphatic carbocycles. The van der Waals surface area contributed by atoms with Crippen LogP contribution >= 0.6 is 0 Å². The van der Waals surface area contributed by atoms with Gasteiger partial charge >= 0.3 is 6.09 Å². The number of nitrogens with one attached hydrogen (secondary N) is 1. The summed E-state index contributed by atoms with van der Waals surface area (Å²) in [5, 5.41) is 6.64. The first kappa shape index (κ1) is 25.3. The Bertz CT molecular complexity index is 958. The Hall–Kier alpha value is -2.79.